The summed E-state index contributed by atoms with van der Waals surface area (Å²) in [4.78, 5) is 0. The Balaban J connectivity index is 2.09. The Kier molecular flexibility index (Phi) is 4.58. The summed E-state index contributed by atoms with van der Waals surface area (Å²) in [5.74, 6) is 0.809. The van der Waals surface area contributed by atoms with Gasteiger partial charge in [-0.25, -0.2) is 0 Å². The van der Waals surface area contributed by atoms with Crippen LogP contribution in [0.1, 0.15) is 44.6 Å². The molecule has 2 rings (SSSR count). The second kappa shape index (κ2) is 5.81. The van der Waals surface area contributed by atoms with Crippen molar-refractivity contribution >= 4 is 23.2 Å². The van der Waals surface area contributed by atoms with Gasteiger partial charge in [-0.15, -0.1) is 0 Å². The van der Waals surface area contributed by atoms with Crippen LogP contribution in [0.25, 0.3) is 0 Å². The van der Waals surface area contributed by atoms with Crippen LogP contribution in [0.15, 0.2) is 18.2 Å². The van der Waals surface area contributed by atoms with Gasteiger partial charge in [-0.3, -0.25) is 0 Å². The van der Waals surface area contributed by atoms with E-state index in [1.54, 1.807) is 0 Å². The van der Waals surface area contributed by atoms with Crippen LogP contribution in [0, 0.1) is 5.92 Å². The molecule has 0 saturated heterocycles. The summed E-state index contributed by atoms with van der Waals surface area (Å²) < 4.78 is 0. The minimum absolute atomic E-state index is 0.0675. The molecule has 1 aromatic carbocycles. The molecule has 100 valence electrons. The van der Waals surface area contributed by atoms with Gasteiger partial charge in [0.1, 0.15) is 0 Å². The number of benzene rings is 1. The molecule has 0 aromatic heterocycles. The van der Waals surface area contributed by atoms with E-state index in [1.165, 1.54) is 24.8 Å². The minimum Gasteiger partial charge on any atom is -0.325 e. The van der Waals surface area contributed by atoms with Gasteiger partial charge in [-0.2, -0.15) is 0 Å². The molecule has 1 aromatic rings. The Hall–Kier alpha value is -0.240. The first-order valence-corrected chi connectivity index (χ1v) is 7.47. The summed E-state index contributed by atoms with van der Waals surface area (Å²) in [6.45, 7) is 2.32. The number of hydrogen-bond acceptors (Lipinski definition) is 1. The third-order valence-electron chi connectivity index (χ3n) is 4.05. The van der Waals surface area contributed by atoms with Gasteiger partial charge in [0.15, 0.2) is 0 Å². The van der Waals surface area contributed by atoms with Crippen LogP contribution in [0.5, 0.6) is 0 Å². The van der Waals surface area contributed by atoms with Crippen LogP contribution in [0.4, 0.5) is 0 Å². The van der Waals surface area contributed by atoms with Gasteiger partial charge in [0, 0.05) is 5.54 Å². The molecule has 1 fully saturated rings. The van der Waals surface area contributed by atoms with E-state index in [9.17, 15) is 0 Å². The van der Waals surface area contributed by atoms with Gasteiger partial charge in [-0.1, -0.05) is 49.0 Å². The first-order valence-electron chi connectivity index (χ1n) is 6.71. The Morgan fingerprint density at radius 2 is 2.00 bits per heavy atom. The third-order valence-corrected chi connectivity index (χ3v) is 4.79. The fourth-order valence-corrected chi connectivity index (χ4v) is 3.16. The van der Waals surface area contributed by atoms with E-state index in [4.69, 9.17) is 28.9 Å². The molecule has 3 heteroatoms. The molecule has 0 aliphatic heterocycles. The van der Waals surface area contributed by atoms with E-state index >= 15 is 0 Å². The first-order chi connectivity index (χ1) is 8.48. The molecule has 2 unspecified atom stereocenters. The average Bonchev–Trinajstić information content (AvgIpc) is 2.47. The van der Waals surface area contributed by atoms with Crippen LogP contribution >= 0.6 is 23.2 Å². The standard InChI is InChI=1S/C15H21Cl2N/c1-11-3-2-7-15(18,8-6-11)10-12-4-5-13(16)14(17)9-12/h4-5,9,11H,2-3,6-8,10,18H2,1H3. The fraction of sp³-hybridized carbons (Fsp3) is 0.600. The summed E-state index contributed by atoms with van der Waals surface area (Å²) in [5, 5.41) is 1.24. The molecule has 18 heavy (non-hydrogen) atoms. The zero-order valence-electron chi connectivity index (χ0n) is 10.9. The normalized spacial score (nSPS) is 29.0. The molecule has 0 spiro atoms. The van der Waals surface area contributed by atoms with Crippen molar-refractivity contribution in [3.05, 3.63) is 33.8 Å². The van der Waals surface area contributed by atoms with Crippen molar-refractivity contribution in [1.29, 1.82) is 0 Å². The lowest BCUT2D eigenvalue weighted by atomic mass is 9.84. The maximum atomic E-state index is 6.57. The second-order valence-corrected chi connectivity index (χ2v) is 6.64. The predicted molar refractivity (Wildman–Crippen MR) is 79.3 cm³/mol. The highest BCUT2D eigenvalue weighted by Gasteiger charge is 2.28. The largest absolute Gasteiger partial charge is 0.325 e. The van der Waals surface area contributed by atoms with Crippen molar-refractivity contribution in [2.24, 2.45) is 11.7 Å². The molecule has 1 aliphatic carbocycles. The topological polar surface area (TPSA) is 26.0 Å². The third kappa shape index (κ3) is 3.63. The van der Waals surface area contributed by atoms with Crippen LogP contribution < -0.4 is 5.73 Å². The lowest BCUT2D eigenvalue weighted by Gasteiger charge is -2.28. The highest BCUT2D eigenvalue weighted by Crippen LogP contribution is 2.32. The molecule has 2 atom stereocenters. The zero-order chi connectivity index (χ0) is 13.2. The molecule has 1 nitrogen and oxygen atoms in total. The molecule has 0 heterocycles. The maximum absolute atomic E-state index is 6.57. The number of hydrogen-bond donors (Lipinski definition) is 1. The minimum atomic E-state index is -0.0675. The average molecular weight is 286 g/mol. The first kappa shape index (κ1) is 14.2. The van der Waals surface area contributed by atoms with Crippen LogP contribution in [0.3, 0.4) is 0 Å². The number of halogens is 2. The SMILES string of the molecule is CC1CCCC(N)(Cc2ccc(Cl)c(Cl)c2)CC1. The monoisotopic (exact) mass is 285 g/mol. The molecule has 1 aliphatic rings. The maximum Gasteiger partial charge on any atom is 0.0595 e. The fourth-order valence-electron chi connectivity index (χ4n) is 2.84. The summed E-state index contributed by atoms with van der Waals surface area (Å²) >= 11 is 12.0. The molecule has 1 saturated carbocycles. The summed E-state index contributed by atoms with van der Waals surface area (Å²) in [6.07, 6.45) is 6.89. The predicted octanol–water partition coefficient (Wildman–Crippen LogP) is 4.83. The van der Waals surface area contributed by atoms with Crippen molar-refractivity contribution in [3.8, 4) is 0 Å². The van der Waals surface area contributed by atoms with E-state index in [0.29, 0.717) is 10.0 Å². The van der Waals surface area contributed by atoms with Gasteiger partial charge in [-0.05, 0) is 49.3 Å². The Bertz CT molecular complexity index is 419. The van der Waals surface area contributed by atoms with Crippen LogP contribution in [0.2, 0.25) is 10.0 Å². The van der Waals surface area contributed by atoms with E-state index in [2.05, 4.69) is 6.92 Å². The van der Waals surface area contributed by atoms with Crippen LogP contribution in [-0.2, 0) is 6.42 Å². The number of nitrogens with two attached hydrogens (primary N) is 1. The van der Waals surface area contributed by atoms with Crippen molar-refractivity contribution in [3.63, 3.8) is 0 Å². The van der Waals surface area contributed by atoms with E-state index in [0.717, 1.165) is 25.2 Å². The van der Waals surface area contributed by atoms with E-state index < -0.39 is 0 Å². The lowest BCUT2D eigenvalue weighted by Crippen LogP contribution is -2.41. The van der Waals surface area contributed by atoms with Crippen molar-refractivity contribution in [2.45, 2.75) is 51.0 Å². The van der Waals surface area contributed by atoms with Gasteiger partial charge in [0.05, 0.1) is 10.0 Å². The summed E-state index contributed by atoms with van der Waals surface area (Å²) in [6, 6.07) is 5.85. The van der Waals surface area contributed by atoms with Crippen LogP contribution in [-0.4, -0.2) is 5.54 Å². The second-order valence-electron chi connectivity index (χ2n) is 5.82. The lowest BCUT2D eigenvalue weighted by molar-refractivity contribution is 0.363. The highest BCUT2D eigenvalue weighted by atomic mass is 35.5. The van der Waals surface area contributed by atoms with Gasteiger partial charge < -0.3 is 5.73 Å². The van der Waals surface area contributed by atoms with E-state index in [-0.39, 0.29) is 5.54 Å². The molecule has 2 N–H and O–H groups in total. The van der Waals surface area contributed by atoms with Gasteiger partial charge in [0.2, 0.25) is 0 Å². The molecule has 0 radical (unpaired) electrons. The van der Waals surface area contributed by atoms with Gasteiger partial charge in [0.25, 0.3) is 0 Å². The van der Waals surface area contributed by atoms with Crippen molar-refractivity contribution < 1.29 is 0 Å². The quantitative estimate of drug-likeness (QED) is 0.774. The zero-order valence-corrected chi connectivity index (χ0v) is 12.4. The molecule has 0 amide bonds. The van der Waals surface area contributed by atoms with Crippen molar-refractivity contribution in [2.75, 3.05) is 0 Å². The van der Waals surface area contributed by atoms with E-state index in [1.807, 2.05) is 18.2 Å². The summed E-state index contributed by atoms with van der Waals surface area (Å²) in [7, 11) is 0. The Morgan fingerprint density at radius 3 is 2.72 bits per heavy atom. The molecular weight excluding hydrogens is 265 g/mol. The Labute approximate surface area is 120 Å². The molecular formula is C15H21Cl2N. The van der Waals surface area contributed by atoms with Crippen molar-refractivity contribution in [1.82, 2.24) is 0 Å². The number of rotatable bonds is 2. The smallest absolute Gasteiger partial charge is 0.0595 e. The molecule has 0 bridgehead atoms. The summed E-state index contributed by atoms with van der Waals surface area (Å²) in [5.41, 5.74) is 7.69. The Morgan fingerprint density at radius 1 is 1.22 bits per heavy atom. The van der Waals surface area contributed by atoms with Gasteiger partial charge >= 0.3 is 0 Å². The highest BCUT2D eigenvalue weighted by molar-refractivity contribution is 6.42.